The lowest BCUT2D eigenvalue weighted by Crippen LogP contribution is -2.30. The number of benzene rings is 1. The molecule has 0 aliphatic heterocycles. The maximum Gasteiger partial charge on any atom is 0.204 e. The summed E-state index contributed by atoms with van der Waals surface area (Å²) in [6.45, 7) is 4.04. The van der Waals surface area contributed by atoms with Crippen LogP contribution in [0.25, 0.3) is 11.4 Å². The van der Waals surface area contributed by atoms with Gasteiger partial charge in [0.15, 0.2) is 0 Å². The van der Waals surface area contributed by atoms with Gasteiger partial charge in [0.2, 0.25) is 5.82 Å². The number of rotatable bonds is 4. The van der Waals surface area contributed by atoms with Crippen molar-refractivity contribution in [3.05, 3.63) is 30.3 Å². The molecule has 0 bridgehead atoms. The van der Waals surface area contributed by atoms with Gasteiger partial charge in [-0.2, -0.15) is 4.80 Å². The van der Waals surface area contributed by atoms with Crippen LogP contribution in [0.4, 0.5) is 0 Å². The van der Waals surface area contributed by atoms with E-state index < -0.39 is 5.60 Å². The van der Waals surface area contributed by atoms with Gasteiger partial charge in [-0.3, -0.25) is 0 Å². The first-order valence-corrected chi connectivity index (χ1v) is 5.66. The second-order valence-corrected chi connectivity index (χ2v) is 4.36. The average molecular weight is 232 g/mol. The zero-order chi connectivity index (χ0) is 12.3. The van der Waals surface area contributed by atoms with Crippen molar-refractivity contribution in [2.24, 2.45) is 0 Å². The molecule has 0 radical (unpaired) electrons. The van der Waals surface area contributed by atoms with Crippen LogP contribution in [0, 0.1) is 0 Å². The summed E-state index contributed by atoms with van der Waals surface area (Å²) in [6.07, 6.45) is 0.648. The molecule has 0 fully saturated rings. The Labute approximate surface area is 100 Å². The van der Waals surface area contributed by atoms with Gasteiger partial charge in [0, 0.05) is 5.56 Å². The molecule has 1 heterocycles. The normalized spacial score (nSPS) is 14.5. The number of nitrogens with zero attached hydrogens (tertiary/aromatic N) is 4. The molecule has 0 aliphatic rings. The minimum absolute atomic E-state index is 0.351. The fourth-order valence-corrected chi connectivity index (χ4v) is 1.43. The fraction of sp³-hybridized carbons (Fsp3) is 0.417. The summed E-state index contributed by atoms with van der Waals surface area (Å²) in [6, 6.07) is 9.66. The van der Waals surface area contributed by atoms with E-state index in [1.54, 1.807) is 6.92 Å². The van der Waals surface area contributed by atoms with E-state index in [-0.39, 0.29) is 0 Å². The number of tetrazole rings is 1. The highest BCUT2D eigenvalue weighted by Gasteiger charge is 2.20. The third-order valence-electron chi connectivity index (χ3n) is 2.73. The fourth-order valence-electron chi connectivity index (χ4n) is 1.43. The van der Waals surface area contributed by atoms with E-state index in [0.717, 1.165) is 5.56 Å². The third kappa shape index (κ3) is 2.88. The number of hydrogen-bond acceptors (Lipinski definition) is 4. The number of hydrogen-bond donors (Lipinski definition) is 1. The lowest BCUT2D eigenvalue weighted by atomic mass is 10.1. The predicted molar refractivity (Wildman–Crippen MR) is 64.2 cm³/mol. The Morgan fingerprint density at radius 2 is 2.00 bits per heavy atom. The molecule has 0 spiro atoms. The molecule has 1 aromatic carbocycles. The minimum atomic E-state index is -0.797. The Morgan fingerprint density at radius 1 is 1.29 bits per heavy atom. The van der Waals surface area contributed by atoms with Gasteiger partial charge in [-0.15, -0.1) is 10.2 Å². The second kappa shape index (κ2) is 4.63. The zero-order valence-electron chi connectivity index (χ0n) is 10.0. The Morgan fingerprint density at radius 3 is 2.65 bits per heavy atom. The molecule has 17 heavy (non-hydrogen) atoms. The molecule has 1 N–H and O–H groups in total. The Balaban J connectivity index is 2.17. The highest BCUT2D eigenvalue weighted by Crippen LogP contribution is 2.14. The van der Waals surface area contributed by atoms with Gasteiger partial charge in [0.1, 0.15) is 0 Å². The molecule has 5 nitrogen and oxygen atoms in total. The summed E-state index contributed by atoms with van der Waals surface area (Å²) in [7, 11) is 0. The van der Waals surface area contributed by atoms with Crippen molar-refractivity contribution in [2.75, 3.05) is 0 Å². The molecule has 0 saturated carbocycles. The van der Waals surface area contributed by atoms with Crippen molar-refractivity contribution in [1.82, 2.24) is 20.2 Å². The van der Waals surface area contributed by atoms with Crippen molar-refractivity contribution < 1.29 is 5.11 Å². The van der Waals surface area contributed by atoms with E-state index in [9.17, 15) is 5.11 Å². The lowest BCUT2D eigenvalue weighted by Gasteiger charge is -2.19. The van der Waals surface area contributed by atoms with Crippen LogP contribution >= 0.6 is 0 Å². The Kier molecular flexibility index (Phi) is 3.19. The summed E-state index contributed by atoms with van der Waals surface area (Å²) in [4.78, 5) is 1.44. The van der Waals surface area contributed by atoms with Crippen LogP contribution in [0.2, 0.25) is 0 Å². The van der Waals surface area contributed by atoms with Crippen molar-refractivity contribution in [3.8, 4) is 11.4 Å². The molecule has 0 saturated heterocycles. The van der Waals surface area contributed by atoms with Crippen LogP contribution in [0.5, 0.6) is 0 Å². The molecule has 0 aliphatic carbocycles. The maximum atomic E-state index is 9.93. The van der Waals surface area contributed by atoms with E-state index in [1.807, 2.05) is 37.3 Å². The van der Waals surface area contributed by atoms with E-state index in [0.29, 0.717) is 18.8 Å². The molecule has 90 valence electrons. The molecule has 1 atom stereocenters. The monoisotopic (exact) mass is 232 g/mol. The van der Waals surface area contributed by atoms with Crippen LogP contribution in [-0.4, -0.2) is 30.9 Å². The molecule has 2 rings (SSSR count). The SMILES string of the molecule is CCC(C)(O)Cn1nnc(-c2ccccc2)n1. The van der Waals surface area contributed by atoms with Crippen LogP contribution in [-0.2, 0) is 6.54 Å². The first-order chi connectivity index (χ1) is 8.11. The minimum Gasteiger partial charge on any atom is -0.388 e. The predicted octanol–water partition coefficient (Wildman–Crippen LogP) is 1.50. The third-order valence-corrected chi connectivity index (χ3v) is 2.73. The standard InChI is InChI=1S/C12H16N4O/c1-3-12(2,17)9-16-14-11(13-15-16)10-7-5-4-6-8-10/h4-8,17H,3,9H2,1-2H3. The van der Waals surface area contributed by atoms with Crippen LogP contribution in [0.1, 0.15) is 20.3 Å². The number of aliphatic hydroxyl groups is 1. The summed E-state index contributed by atoms with van der Waals surface area (Å²) in [5, 5.41) is 22.1. The van der Waals surface area contributed by atoms with Crippen LogP contribution in [0.3, 0.4) is 0 Å². The van der Waals surface area contributed by atoms with E-state index in [1.165, 1.54) is 4.80 Å². The van der Waals surface area contributed by atoms with Gasteiger partial charge in [-0.1, -0.05) is 37.3 Å². The molecule has 1 aromatic heterocycles. The van der Waals surface area contributed by atoms with Crippen molar-refractivity contribution in [1.29, 1.82) is 0 Å². The van der Waals surface area contributed by atoms with Crippen molar-refractivity contribution in [2.45, 2.75) is 32.4 Å². The Hall–Kier alpha value is -1.75. The summed E-state index contributed by atoms with van der Waals surface area (Å²) in [5.74, 6) is 0.581. The largest absolute Gasteiger partial charge is 0.388 e. The van der Waals surface area contributed by atoms with E-state index in [2.05, 4.69) is 15.4 Å². The molecule has 2 aromatic rings. The molecular weight excluding hydrogens is 216 g/mol. The van der Waals surface area contributed by atoms with E-state index in [4.69, 9.17) is 0 Å². The van der Waals surface area contributed by atoms with Gasteiger partial charge >= 0.3 is 0 Å². The molecular formula is C12H16N4O. The smallest absolute Gasteiger partial charge is 0.204 e. The first-order valence-electron chi connectivity index (χ1n) is 5.66. The zero-order valence-corrected chi connectivity index (χ0v) is 10.0. The van der Waals surface area contributed by atoms with Gasteiger partial charge in [-0.05, 0) is 18.6 Å². The van der Waals surface area contributed by atoms with E-state index >= 15 is 0 Å². The molecule has 0 amide bonds. The average Bonchev–Trinajstić information content (AvgIpc) is 2.78. The summed E-state index contributed by atoms with van der Waals surface area (Å²) >= 11 is 0. The van der Waals surface area contributed by atoms with Gasteiger partial charge in [-0.25, -0.2) is 0 Å². The van der Waals surface area contributed by atoms with Crippen molar-refractivity contribution >= 4 is 0 Å². The summed E-state index contributed by atoms with van der Waals surface area (Å²) in [5.41, 5.74) is 0.129. The van der Waals surface area contributed by atoms with Gasteiger partial charge < -0.3 is 5.11 Å². The summed E-state index contributed by atoms with van der Waals surface area (Å²) < 4.78 is 0. The van der Waals surface area contributed by atoms with Gasteiger partial charge in [0.05, 0.1) is 12.1 Å². The van der Waals surface area contributed by atoms with Crippen LogP contribution < -0.4 is 0 Å². The van der Waals surface area contributed by atoms with Crippen LogP contribution in [0.15, 0.2) is 30.3 Å². The maximum absolute atomic E-state index is 9.93. The highest BCUT2D eigenvalue weighted by atomic mass is 16.3. The highest BCUT2D eigenvalue weighted by molar-refractivity contribution is 5.52. The quantitative estimate of drug-likeness (QED) is 0.867. The topological polar surface area (TPSA) is 63.8 Å². The molecule has 1 unspecified atom stereocenters. The Bertz CT molecular complexity index is 478. The lowest BCUT2D eigenvalue weighted by molar-refractivity contribution is 0.0299. The van der Waals surface area contributed by atoms with Gasteiger partial charge in [0.25, 0.3) is 0 Å². The van der Waals surface area contributed by atoms with Crippen molar-refractivity contribution in [3.63, 3.8) is 0 Å². The molecule has 5 heteroatoms. The first kappa shape index (κ1) is 11.7. The second-order valence-electron chi connectivity index (χ2n) is 4.36. The number of aromatic nitrogens is 4.